The summed E-state index contributed by atoms with van der Waals surface area (Å²) >= 11 is 0. The van der Waals surface area contributed by atoms with Crippen molar-refractivity contribution >= 4 is 17.5 Å². The molecule has 0 atom stereocenters. The van der Waals surface area contributed by atoms with Crippen molar-refractivity contribution in [1.29, 1.82) is 0 Å². The summed E-state index contributed by atoms with van der Waals surface area (Å²) in [6, 6.07) is 9.01. The van der Waals surface area contributed by atoms with Gasteiger partial charge in [0, 0.05) is 32.2 Å². The van der Waals surface area contributed by atoms with Crippen LogP contribution in [0.15, 0.2) is 34.9 Å². The van der Waals surface area contributed by atoms with Crippen LogP contribution in [-0.2, 0) is 4.79 Å². The molecule has 0 radical (unpaired) electrons. The smallest absolute Gasteiger partial charge is 0.240 e. The minimum atomic E-state index is -0.114. The quantitative estimate of drug-likeness (QED) is 0.888. The van der Waals surface area contributed by atoms with Crippen LogP contribution in [0.1, 0.15) is 5.69 Å². The van der Waals surface area contributed by atoms with Crippen molar-refractivity contribution in [3.8, 4) is 5.75 Å². The van der Waals surface area contributed by atoms with E-state index in [4.69, 9.17) is 4.52 Å². The summed E-state index contributed by atoms with van der Waals surface area (Å²) in [6.07, 6.45) is 0. The number of piperazine rings is 1. The van der Waals surface area contributed by atoms with Crippen molar-refractivity contribution in [2.24, 2.45) is 0 Å². The zero-order valence-electron chi connectivity index (χ0n) is 13.0. The predicted octanol–water partition coefficient (Wildman–Crippen LogP) is 1.45. The van der Waals surface area contributed by atoms with Crippen molar-refractivity contribution in [2.45, 2.75) is 6.92 Å². The average molecular weight is 316 g/mol. The fraction of sp³-hybridized carbons (Fsp3) is 0.375. The van der Waals surface area contributed by atoms with Crippen LogP contribution in [0.3, 0.4) is 0 Å². The lowest BCUT2D eigenvalue weighted by Crippen LogP contribution is -2.48. The van der Waals surface area contributed by atoms with Crippen LogP contribution < -0.4 is 10.2 Å². The monoisotopic (exact) mass is 316 g/mol. The summed E-state index contributed by atoms with van der Waals surface area (Å²) in [5.41, 5.74) is 1.57. The molecular weight excluding hydrogens is 296 g/mol. The van der Waals surface area contributed by atoms with Crippen molar-refractivity contribution in [3.05, 3.63) is 36.0 Å². The lowest BCUT2D eigenvalue weighted by molar-refractivity contribution is -0.117. The fourth-order valence-electron chi connectivity index (χ4n) is 2.68. The summed E-state index contributed by atoms with van der Waals surface area (Å²) in [5.74, 6) is 0.553. The number of para-hydroxylation sites is 2. The van der Waals surface area contributed by atoms with Gasteiger partial charge in [-0.15, -0.1) is 0 Å². The Morgan fingerprint density at radius 2 is 2.04 bits per heavy atom. The van der Waals surface area contributed by atoms with Gasteiger partial charge in [0.1, 0.15) is 5.75 Å². The van der Waals surface area contributed by atoms with E-state index in [0.717, 1.165) is 37.6 Å². The Kier molecular flexibility index (Phi) is 4.47. The summed E-state index contributed by atoms with van der Waals surface area (Å²) in [4.78, 5) is 16.2. The molecule has 0 aliphatic carbocycles. The van der Waals surface area contributed by atoms with Gasteiger partial charge in [-0.25, -0.2) is 0 Å². The molecule has 1 amide bonds. The Labute approximate surface area is 134 Å². The standard InChI is InChI=1S/C16H20N4O3/c1-12-10-16(23-18-12)17-15(22)11-19-6-8-20(9-7-19)13-4-2-3-5-14(13)21/h2-5,10,21H,6-9,11H2,1H3,(H,17,22). The molecule has 1 fully saturated rings. The zero-order valence-corrected chi connectivity index (χ0v) is 13.0. The number of carbonyl (C=O) groups is 1. The number of carbonyl (C=O) groups excluding carboxylic acids is 1. The summed E-state index contributed by atoms with van der Waals surface area (Å²) in [5, 5.41) is 16.3. The Bertz CT molecular complexity index is 677. The Morgan fingerprint density at radius 1 is 1.30 bits per heavy atom. The highest BCUT2D eigenvalue weighted by Crippen LogP contribution is 2.27. The second-order valence-corrected chi connectivity index (χ2v) is 5.63. The molecule has 0 spiro atoms. The van der Waals surface area contributed by atoms with Crippen LogP contribution in [0.5, 0.6) is 5.75 Å². The van der Waals surface area contributed by atoms with Crippen LogP contribution in [0, 0.1) is 6.92 Å². The maximum Gasteiger partial charge on any atom is 0.240 e. The molecule has 2 N–H and O–H groups in total. The molecule has 1 aliphatic heterocycles. The summed E-state index contributed by atoms with van der Waals surface area (Å²) in [7, 11) is 0. The highest BCUT2D eigenvalue weighted by Gasteiger charge is 2.21. The van der Waals surface area contributed by atoms with E-state index in [9.17, 15) is 9.90 Å². The third kappa shape index (κ3) is 3.81. The van der Waals surface area contributed by atoms with Gasteiger partial charge in [0.2, 0.25) is 11.8 Å². The number of anilines is 2. The number of nitrogens with zero attached hydrogens (tertiary/aromatic N) is 3. The normalized spacial score (nSPS) is 15.6. The fourth-order valence-corrected chi connectivity index (χ4v) is 2.68. The zero-order chi connectivity index (χ0) is 16.2. The number of aromatic hydroxyl groups is 1. The minimum absolute atomic E-state index is 0.114. The third-order valence-electron chi connectivity index (χ3n) is 3.85. The Hall–Kier alpha value is -2.54. The van der Waals surface area contributed by atoms with Gasteiger partial charge in [-0.1, -0.05) is 17.3 Å². The van der Waals surface area contributed by atoms with E-state index in [0.29, 0.717) is 18.2 Å². The molecule has 1 saturated heterocycles. The van der Waals surface area contributed by atoms with Gasteiger partial charge in [-0.3, -0.25) is 15.0 Å². The number of hydrogen-bond donors (Lipinski definition) is 2. The van der Waals surface area contributed by atoms with Crippen molar-refractivity contribution in [1.82, 2.24) is 10.1 Å². The molecule has 2 heterocycles. The van der Waals surface area contributed by atoms with E-state index in [-0.39, 0.29) is 5.91 Å². The third-order valence-corrected chi connectivity index (χ3v) is 3.85. The van der Waals surface area contributed by atoms with E-state index in [1.54, 1.807) is 19.1 Å². The number of nitrogens with one attached hydrogen (secondary N) is 1. The highest BCUT2D eigenvalue weighted by molar-refractivity contribution is 5.91. The Balaban J connectivity index is 1.49. The van der Waals surface area contributed by atoms with E-state index in [1.807, 2.05) is 18.2 Å². The van der Waals surface area contributed by atoms with Gasteiger partial charge < -0.3 is 14.5 Å². The molecule has 7 nitrogen and oxygen atoms in total. The number of phenols is 1. The largest absolute Gasteiger partial charge is 0.506 e. The number of hydrogen-bond acceptors (Lipinski definition) is 6. The maximum atomic E-state index is 12.0. The van der Waals surface area contributed by atoms with Gasteiger partial charge in [0.15, 0.2) is 0 Å². The molecule has 1 aromatic heterocycles. The van der Waals surface area contributed by atoms with E-state index in [1.165, 1.54) is 0 Å². The van der Waals surface area contributed by atoms with Crippen LogP contribution in [-0.4, -0.2) is 53.8 Å². The predicted molar refractivity (Wildman–Crippen MR) is 86.6 cm³/mol. The SMILES string of the molecule is Cc1cc(NC(=O)CN2CCN(c3ccccc3O)CC2)on1. The topological polar surface area (TPSA) is 81.8 Å². The molecule has 23 heavy (non-hydrogen) atoms. The maximum absolute atomic E-state index is 12.0. The van der Waals surface area contributed by atoms with Crippen LogP contribution in [0.25, 0.3) is 0 Å². The lowest BCUT2D eigenvalue weighted by atomic mass is 10.2. The molecule has 0 saturated carbocycles. The van der Waals surface area contributed by atoms with Gasteiger partial charge in [0.25, 0.3) is 0 Å². The number of rotatable bonds is 4. The Morgan fingerprint density at radius 3 is 2.70 bits per heavy atom. The number of aryl methyl sites for hydroxylation is 1. The van der Waals surface area contributed by atoms with Crippen LogP contribution in [0.2, 0.25) is 0 Å². The summed E-state index contributed by atoms with van der Waals surface area (Å²) in [6.45, 7) is 5.18. The van der Waals surface area contributed by atoms with Crippen LogP contribution >= 0.6 is 0 Å². The van der Waals surface area contributed by atoms with E-state index >= 15 is 0 Å². The first kappa shape index (κ1) is 15.4. The van der Waals surface area contributed by atoms with Crippen molar-refractivity contribution < 1.29 is 14.4 Å². The van der Waals surface area contributed by atoms with E-state index < -0.39 is 0 Å². The van der Waals surface area contributed by atoms with Gasteiger partial charge in [0.05, 0.1) is 17.9 Å². The van der Waals surface area contributed by atoms with Gasteiger partial charge in [-0.05, 0) is 19.1 Å². The van der Waals surface area contributed by atoms with Gasteiger partial charge in [-0.2, -0.15) is 0 Å². The molecule has 7 heteroatoms. The number of phenolic OH excluding ortho intramolecular Hbond substituents is 1. The average Bonchev–Trinajstić information content (AvgIpc) is 2.93. The first-order chi connectivity index (χ1) is 11.1. The molecule has 0 bridgehead atoms. The molecule has 3 rings (SSSR count). The second kappa shape index (κ2) is 6.70. The lowest BCUT2D eigenvalue weighted by Gasteiger charge is -2.35. The van der Waals surface area contributed by atoms with Crippen molar-refractivity contribution in [3.63, 3.8) is 0 Å². The molecular formula is C16H20N4O3. The second-order valence-electron chi connectivity index (χ2n) is 5.63. The van der Waals surface area contributed by atoms with E-state index in [2.05, 4.69) is 20.3 Å². The molecule has 1 aromatic carbocycles. The molecule has 0 unspecified atom stereocenters. The molecule has 122 valence electrons. The summed E-state index contributed by atoms with van der Waals surface area (Å²) < 4.78 is 4.98. The molecule has 1 aliphatic rings. The number of aromatic nitrogens is 1. The molecule has 2 aromatic rings. The number of amides is 1. The minimum Gasteiger partial charge on any atom is -0.506 e. The van der Waals surface area contributed by atoms with Gasteiger partial charge >= 0.3 is 0 Å². The van der Waals surface area contributed by atoms with Crippen LogP contribution in [0.4, 0.5) is 11.6 Å². The number of benzene rings is 1. The highest BCUT2D eigenvalue weighted by atomic mass is 16.5. The first-order valence-corrected chi connectivity index (χ1v) is 7.60. The first-order valence-electron chi connectivity index (χ1n) is 7.60. The van der Waals surface area contributed by atoms with Crippen molar-refractivity contribution in [2.75, 3.05) is 42.9 Å².